The molecule has 2 heterocycles. The van der Waals surface area contributed by atoms with E-state index < -0.39 is 0 Å². The number of carbonyl (C=O) groups excluding carboxylic acids is 1. The first kappa shape index (κ1) is 18.1. The van der Waals surface area contributed by atoms with E-state index in [1.807, 2.05) is 11.8 Å². The van der Waals surface area contributed by atoms with Crippen molar-refractivity contribution in [1.82, 2.24) is 9.78 Å². The molecule has 138 valence electrons. The van der Waals surface area contributed by atoms with E-state index >= 15 is 0 Å². The van der Waals surface area contributed by atoms with Gasteiger partial charge in [0, 0.05) is 19.6 Å². The Kier molecular flexibility index (Phi) is 5.65. The van der Waals surface area contributed by atoms with Gasteiger partial charge in [0.05, 0.1) is 18.3 Å². The highest BCUT2D eigenvalue weighted by molar-refractivity contribution is 5.95. The van der Waals surface area contributed by atoms with Crippen LogP contribution in [0.15, 0.2) is 35.3 Å². The van der Waals surface area contributed by atoms with Crippen LogP contribution in [0.4, 0.5) is 15.8 Å². The van der Waals surface area contributed by atoms with Crippen molar-refractivity contribution in [2.24, 2.45) is 0 Å². The fourth-order valence-electron chi connectivity index (χ4n) is 3.25. The van der Waals surface area contributed by atoms with Crippen molar-refractivity contribution in [3.8, 4) is 0 Å². The molecule has 1 N–H and O–H groups in total. The van der Waals surface area contributed by atoms with Crippen molar-refractivity contribution < 1.29 is 9.18 Å². The summed E-state index contributed by atoms with van der Waals surface area (Å²) in [5.41, 5.74) is 1.30. The number of piperidine rings is 1. The van der Waals surface area contributed by atoms with Crippen LogP contribution in [0, 0.1) is 5.82 Å². The molecule has 0 spiro atoms. The van der Waals surface area contributed by atoms with Gasteiger partial charge in [-0.2, -0.15) is 5.10 Å². The summed E-state index contributed by atoms with van der Waals surface area (Å²) in [6.07, 6.45) is 4.74. The third kappa shape index (κ3) is 4.09. The molecule has 1 aliphatic heterocycles. The molecule has 26 heavy (non-hydrogen) atoms. The molecule has 2 aromatic rings. The zero-order chi connectivity index (χ0) is 18.5. The molecule has 1 saturated heterocycles. The van der Waals surface area contributed by atoms with Crippen LogP contribution in [0.5, 0.6) is 0 Å². The van der Waals surface area contributed by atoms with Gasteiger partial charge in [0.25, 0.3) is 5.56 Å². The molecule has 1 aliphatic rings. The highest BCUT2D eigenvalue weighted by Gasteiger charge is 2.21. The average molecular weight is 358 g/mol. The number of nitrogens with zero attached hydrogens (tertiary/aromatic N) is 3. The van der Waals surface area contributed by atoms with Crippen LogP contribution in [-0.2, 0) is 17.8 Å². The maximum atomic E-state index is 13.3. The zero-order valence-corrected chi connectivity index (χ0v) is 14.9. The molecule has 0 atom stereocenters. The van der Waals surface area contributed by atoms with Gasteiger partial charge in [-0.3, -0.25) is 9.59 Å². The van der Waals surface area contributed by atoms with Gasteiger partial charge in [-0.15, -0.1) is 0 Å². The van der Waals surface area contributed by atoms with E-state index in [1.54, 1.807) is 12.1 Å². The Hall–Kier alpha value is -2.70. The van der Waals surface area contributed by atoms with Crippen molar-refractivity contribution >= 4 is 17.3 Å². The second kappa shape index (κ2) is 8.12. The summed E-state index contributed by atoms with van der Waals surface area (Å²) in [6, 6.07) is 5.94. The predicted octanol–water partition coefficient (Wildman–Crippen LogP) is 2.57. The molecule has 1 aromatic carbocycles. The summed E-state index contributed by atoms with van der Waals surface area (Å²) in [5.74, 6) is -0.680. The van der Waals surface area contributed by atoms with Crippen molar-refractivity contribution in [3.63, 3.8) is 0 Å². The normalized spacial score (nSPS) is 14.3. The predicted molar refractivity (Wildman–Crippen MR) is 99.0 cm³/mol. The minimum absolute atomic E-state index is 0.0358. The maximum absolute atomic E-state index is 13.3. The van der Waals surface area contributed by atoms with Crippen molar-refractivity contribution in [2.75, 3.05) is 23.3 Å². The summed E-state index contributed by atoms with van der Waals surface area (Å²) < 4.78 is 14.7. The van der Waals surface area contributed by atoms with E-state index in [-0.39, 0.29) is 23.7 Å². The molecule has 0 aliphatic carbocycles. The number of halogens is 1. The van der Waals surface area contributed by atoms with Gasteiger partial charge < -0.3 is 10.2 Å². The first-order valence-corrected chi connectivity index (χ1v) is 8.98. The Morgan fingerprint density at radius 1 is 1.27 bits per heavy atom. The summed E-state index contributed by atoms with van der Waals surface area (Å²) in [7, 11) is 0. The lowest BCUT2D eigenvalue weighted by Crippen LogP contribution is -2.37. The van der Waals surface area contributed by atoms with E-state index in [1.165, 1.54) is 23.0 Å². The van der Waals surface area contributed by atoms with Crippen LogP contribution in [0.1, 0.15) is 31.7 Å². The number of anilines is 2. The Morgan fingerprint density at radius 2 is 2.04 bits per heavy atom. The van der Waals surface area contributed by atoms with Crippen LogP contribution in [-0.4, -0.2) is 28.8 Å². The van der Waals surface area contributed by atoms with Crippen LogP contribution >= 0.6 is 0 Å². The molecule has 0 saturated carbocycles. The summed E-state index contributed by atoms with van der Waals surface area (Å²) >= 11 is 0. The number of hydrogen-bond donors (Lipinski definition) is 1. The summed E-state index contributed by atoms with van der Waals surface area (Å²) in [4.78, 5) is 27.2. The van der Waals surface area contributed by atoms with Crippen LogP contribution in [0.25, 0.3) is 0 Å². The number of aryl methyl sites for hydroxylation is 1. The quantitative estimate of drug-likeness (QED) is 0.892. The first-order valence-electron chi connectivity index (χ1n) is 8.98. The Morgan fingerprint density at radius 3 is 2.73 bits per heavy atom. The van der Waals surface area contributed by atoms with Crippen LogP contribution in [0.2, 0.25) is 0 Å². The summed E-state index contributed by atoms with van der Waals surface area (Å²) in [6.45, 7) is 3.90. The first-order chi connectivity index (χ1) is 12.6. The fourth-order valence-corrected chi connectivity index (χ4v) is 3.25. The van der Waals surface area contributed by atoms with E-state index in [4.69, 9.17) is 0 Å². The molecule has 6 nitrogen and oxygen atoms in total. The lowest BCUT2D eigenvalue weighted by molar-refractivity contribution is -0.115. The number of carbonyl (C=O) groups is 1. The van der Waals surface area contributed by atoms with Gasteiger partial charge >= 0.3 is 0 Å². The number of nitrogens with one attached hydrogen (secondary N) is 1. The van der Waals surface area contributed by atoms with Crippen LogP contribution in [0.3, 0.4) is 0 Å². The highest BCUT2D eigenvalue weighted by atomic mass is 19.1. The Bertz CT molecular complexity index is 844. The lowest BCUT2D eigenvalue weighted by Gasteiger charge is -2.29. The minimum atomic E-state index is -0.378. The number of hydrogen-bond acceptors (Lipinski definition) is 4. The lowest BCUT2D eigenvalue weighted by atomic mass is 10.1. The molecule has 0 unspecified atom stereocenters. The molecular weight excluding hydrogens is 335 g/mol. The van der Waals surface area contributed by atoms with Gasteiger partial charge in [-0.1, -0.05) is 12.1 Å². The third-order valence-electron chi connectivity index (χ3n) is 4.52. The molecule has 0 bridgehead atoms. The van der Waals surface area contributed by atoms with Crippen LogP contribution < -0.4 is 15.8 Å². The van der Waals surface area contributed by atoms with Crippen molar-refractivity contribution in [3.05, 3.63) is 52.2 Å². The number of rotatable bonds is 5. The highest BCUT2D eigenvalue weighted by Crippen LogP contribution is 2.24. The molecule has 0 radical (unpaired) electrons. The average Bonchev–Trinajstić information content (AvgIpc) is 2.63. The maximum Gasteiger partial charge on any atom is 0.292 e. The van der Waals surface area contributed by atoms with Gasteiger partial charge in [-0.25, -0.2) is 9.07 Å². The fraction of sp³-hybridized carbons (Fsp3) is 0.421. The largest absolute Gasteiger partial charge is 0.365 e. The van der Waals surface area contributed by atoms with Gasteiger partial charge in [0.2, 0.25) is 5.91 Å². The Labute approximate surface area is 151 Å². The zero-order valence-electron chi connectivity index (χ0n) is 14.9. The number of benzene rings is 1. The molecule has 1 amide bonds. The Balaban J connectivity index is 1.85. The standard InChI is InChI=1S/C19H23FN4O2/c1-2-24-19(26)18(23-9-4-3-5-10-23)16(13-21-24)22-17(25)12-14-7-6-8-15(20)11-14/h6-8,11,13H,2-5,9-10,12H2,1H3,(H,22,25). The summed E-state index contributed by atoms with van der Waals surface area (Å²) in [5, 5.41) is 6.92. The second-order valence-corrected chi connectivity index (χ2v) is 6.43. The smallest absolute Gasteiger partial charge is 0.292 e. The molecular formula is C19H23FN4O2. The van der Waals surface area contributed by atoms with Crippen molar-refractivity contribution in [2.45, 2.75) is 39.2 Å². The van der Waals surface area contributed by atoms with Gasteiger partial charge in [-0.05, 0) is 43.9 Å². The van der Waals surface area contributed by atoms with Gasteiger partial charge in [0.1, 0.15) is 11.5 Å². The van der Waals surface area contributed by atoms with E-state index in [0.717, 1.165) is 32.4 Å². The van der Waals surface area contributed by atoms with E-state index in [9.17, 15) is 14.0 Å². The minimum Gasteiger partial charge on any atom is -0.365 e. The number of aromatic nitrogens is 2. The topological polar surface area (TPSA) is 67.2 Å². The third-order valence-corrected chi connectivity index (χ3v) is 4.52. The second-order valence-electron chi connectivity index (χ2n) is 6.43. The monoisotopic (exact) mass is 358 g/mol. The molecule has 3 rings (SSSR count). The molecule has 1 fully saturated rings. The molecule has 1 aromatic heterocycles. The number of amides is 1. The SMILES string of the molecule is CCn1ncc(NC(=O)Cc2cccc(F)c2)c(N2CCCCC2)c1=O. The van der Waals surface area contributed by atoms with Gasteiger partial charge in [0.15, 0.2) is 0 Å². The van der Waals surface area contributed by atoms with E-state index in [2.05, 4.69) is 10.4 Å². The molecule has 7 heteroatoms. The van der Waals surface area contributed by atoms with E-state index in [0.29, 0.717) is 23.5 Å². The van der Waals surface area contributed by atoms with Crippen molar-refractivity contribution in [1.29, 1.82) is 0 Å².